The number of thioether (sulfide) groups is 1. The first-order chi connectivity index (χ1) is 19.4. The van der Waals surface area contributed by atoms with Gasteiger partial charge in [-0.3, -0.25) is 9.59 Å². The third-order valence-corrected chi connectivity index (χ3v) is 8.49. The van der Waals surface area contributed by atoms with Crippen LogP contribution in [0.3, 0.4) is 0 Å². The molecule has 4 aromatic carbocycles. The number of benzene rings is 4. The Labute approximate surface area is 248 Å². The normalized spacial score (nSPS) is 11.6. The van der Waals surface area contributed by atoms with E-state index in [1.165, 1.54) is 47.4 Å². The predicted molar refractivity (Wildman–Crippen MR) is 162 cm³/mol. The fourth-order valence-corrected chi connectivity index (χ4v) is 5.88. The van der Waals surface area contributed by atoms with Gasteiger partial charge < -0.3 is 10.6 Å². The second-order valence-corrected chi connectivity index (χ2v) is 11.4. The van der Waals surface area contributed by atoms with E-state index in [9.17, 15) is 14.0 Å². The molecule has 1 aromatic heterocycles. The first-order valence-electron chi connectivity index (χ1n) is 12.0. The monoisotopic (exact) mass is 607 g/mol. The molecule has 200 valence electrons. The zero-order valence-electron chi connectivity index (χ0n) is 20.6. The molecule has 0 aliphatic carbocycles. The van der Waals surface area contributed by atoms with E-state index in [-0.39, 0.29) is 11.8 Å². The Morgan fingerprint density at radius 3 is 2.38 bits per heavy atom. The first kappa shape index (κ1) is 27.9. The molecule has 1 unspecified atom stereocenters. The van der Waals surface area contributed by atoms with Gasteiger partial charge in [0.05, 0.1) is 15.7 Å². The van der Waals surface area contributed by atoms with E-state index in [1.54, 1.807) is 30.3 Å². The van der Waals surface area contributed by atoms with Gasteiger partial charge in [0.1, 0.15) is 11.1 Å². The first-order valence-corrected chi connectivity index (χ1v) is 14.5. The zero-order chi connectivity index (χ0) is 28.1. The summed E-state index contributed by atoms with van der Waals surface area (Å²) in [5.74, 6) is -1.02. The molecule has 5 nitrogen and oxygen atoms in total. The van der Waals surface area contributed by atoms with Crippen LogP contribution in [0.15, 0.2) is 107 Å². The summed E-state index contributed by atoms with van der Waals surface area (Å²) in [6.45, 7) is 0. The minimum Gasteiger partial charge on any atom is -0.322 e. The van der Waals surface area contributed by atoms with Crippen molar-refractivity contribution in [1.82, 2.24) is 4.98 Å². The van der Waals surface area contributed by atoms with Gasteiger partial charge in [0.2, 0.25) is 5.91 Å². The van der Waals surface area contributed by atoms with E-state index in [4.69, 9.17) is 23.2 Å². The maximum Gasteiger partial charge on any atom is 0.255 e. The summed E-state index contributed by atoms with van der Waals surface area (Å²) in [5.41, 5.74) is 3.17. The van der Waals surface area contributed by atoms with Crippen molar-refractivity contribution in [2.75, 3.05) is 10.6 Å². The summed E-state index contributed by atoms with van der Waals surface area (Å²) in [7, 11) is 0. The molecule has 0 radical (unpaired) electrons. The molecular weight excluding hydrogens is 588 g/mol. The van der Waals surface area contributed by atoms with Gasteiger partial charge in [0.15, 0.2) is 5.13 Å². The van der Waals surface area contributed by atoms with E-state index >= 15 is 0 Å². The Morgan fingerprint density at radius 2 is 1.62 bits per heavy atom. The summed E-state index contributed by atoms with van der Waals surface area (Å²) in [6.07, 6.45) is 0. The average Bonchev–Trinajstić information content (AvgIpc) is 3.42. The zero-order valence-corrected chi connectivity index (χ0v) is 23.8. The smallest absolute Gasteiger partial charge is 0.255 e. The van der Waals surface area contributed by atoms with Crippen molar-refractivity contribution in [1.29, 1.82) is 0 Å². The number of aromatic nitrogens is 1. The standard InChI is InChI=1S/C30H20Cl2FN3O2S2/c31-24-14-11-20(15-25(24)32)26-17-39-30(35-26)36-29(38)27(18-5-2-1-3-6-18)40-23-8-4-7-22(16-23)34-28(37)19-9-12-21(33)13-10-19/h1-17,27H,(H,34,37)(H,35,36,38). The van der Waals surface area contributed by atoms with E-state index < -0.39 is 11.1 Å². The number of thiazole rings is 1. The topological polar surface area (TPSA) is 71.1 Å². The van der Waals surface area contributed by atoms with Crippen LogP contribution in [-0.2, 0) is 4.79 Å². The number of halogens is 3. The van der Waals surface area contributed by atoms with Gasteiger partial charge in [-0.05, 0) is 60.2 Å². The quantitative estimate of drug-likeness (QED) is 0.173. The highest BCUT2D eigenvalue weighted by Crippen LogP contribution is 2.38. The van der Waals surface area contributed by atoms with Crippen molar-refractivity contribution in [3.8, 4) is 11.3 Å². The van der Waals surface area contributed by atoms with Crippen LogP contribution in [0.2, 0.25) is 10.0 Å². The van der Waals surface area contributed by atoms with E-state index in [1.807, 2.05) is 47.8 Å². The molecule has 0 aliphatic heterocycles. The van der Waals surface area contributed by atoms with Crippen LogP contribution in [0.25, 0.3) is 11.3 Å². The minimum atomic E-state index is -0.596. The van der Waals surface area contributed by atoms with Crippen molar-refractivity contribution in [3.63, 3.8) is 0 Å². The largest absolute Gasteiger partial charge is 0.322 e. The summed E-state index contributed by atoms with van der Waals surface area (Å²) in [4.78, 5) is 31.5. The maximum atomic E-state index is 13.5. The predicted octanol–water partition coefficient (Wildman–Crippen LogP) is 8.98. The molecule has 0 spiro atoms. The number of anilines is 2. The lowest BCUT2D eigenvalue weighted by Gasteiger charge is -2.17. The second-order valence-electron chi connectivity index (χ2n) is 8.55. The number of nitrogens with one attached hydrogen (secondary N) is 2. The number of hydrogen-bond donors (Lipinski definition) is 2. The number of carbonyl (C=O) groups excluding carboxylic acids is 2. The Morgan fingerprint density at radius 1 is 0.850 bits per heavy atom. The Kier molecular flexibility index (Phi) is 8.81. The molecular formula is C30H20Cl2FN3O2S2. The molecule has 5 rings (SSSR count). The summed E-state index contributed by atoms with van der Waals surface area (Å²) < 4.78 is 13.2. The fourth-order valence-electron chi connectivity index (χ4n) is 3.78. The molecule has 2 amide bonds. The molecule has 2 N–H and O–H groups in total. The highest BCUT2D eigenvalue weighted by molar-refractivity contribution is 8.00. The van der Waals surface area contributed by atoms with Crippen LogP contribution in [-0.4, -0.2) is 16.8 Å². The van der Waals surface area contributed by atoms with E-state index in [0.717, 1.165) is 16.0 Å². The van der Waals surface area contributed by atoms with Crippen LogP contribution in [0.1, 0.15) is 21.2 Å². The maximum absolute atomic E-state index is 13.5. The van der Waals surface area contributed by atoms with Gasteiger partial charge >= 0.3 is 0 Å². The SMILES string of the molecule is O=C(Nc1cccc(SC(C(=O)Nc2nc(-c3ccc(Cl)c(Cl)c3)cs2)c2ccccc2)c1)c1ccc(F)cc1. The molecule has 0 bridgehead atoms. The number of hydrogen-bond acceptors (Lipinski definition) is 5. The molecule has 0 fully saturated rings. The van der Waals surface area contributed by atoms with Gasteiger partial charge in [-0.1, -0.05) is 65.7 Å². The third kappa shape index (κ3) is 6.89. The van der Waals surface area contributed by atoms with Gasteiger partial charge in [-0.2, -0.15) is 0 Å². The van der Waals surface area contributed by atoms with E-state index in [2.05, 4.69) is 15.6 Å². The van der Waals surface area contributed by atoms with Crippen LogP contribution >= 0.6 is 46.3 Å². The Hall–Kier alpha value is -3.69. The van der Waals surface area contributed by atoms with Crippen molar-refractivity contribution < 1.29 is 14.0 Å². The van der Waals surface area contributed by atoms with Gasteiger partial charge in [-0.25, -0.2) is 9.37 Å². The second kappa shape index (κ2) is 12.7. The number of amides is 2. The van der Waals surface area contributed by atoms with Crippen LogP contribution in [0, 0.1) is 5.82 Å². The number of carbonyl (C=O) groups is 2. The average molecular weight is 609 g/mol. The molecule has 5 aromatic rings. The third-order valence-electron chi connectivity index (χ3n) is 5.74. The van der Waals surface area contributed by atoms with Crippen LogP contribution < -0.4 is 10.6 Å². The van der Waals surface area contributed by atoms with Crippen LogP contribution in [0.4, 0.5) is 15.2 Å². The van der Waals surface area contributed by atoms with Crippen molar-refractivity contribution in [3.05, 3.63) is 129 Å². The fraction of sp³-hybridized carbons (Fsp3) is 0.0333. The lowest BCUT2D eigenvalue weighted by Crippen LogP contribution is -2.19. The van der Waals surface area contributed by atoms with Crippen molar-refractivity contribution in [2.24, 2.45) is 0 Å². The van der Waals surface area contributed by atoms with Crippen molar-refractivity contribution >= 4 is 68.9 Å². The molecule has 0 saturated heterocycles. The lowest BCUT2D eigenvalue weighted by atomic mass is 10.1. The van der Waals surface area contributed by atoms with Gasteiger partial charge in [0, 0.05) is 27.1 Å². The van der Waals surface area contributed by atoms with E-state index in [0.29, 0.717) is 32.1 Å². The number of nitrogens with zero attached hydrogens (tertiary/aromatic N) is 1. The highest BCUT2D eigenvalue weighted by Gasteiger charge is 2.23. The number of rotatable bonds is 8. The Bertz CT molecular complexity index is 1660. The summed E-state index contributed by atoms with van der Waals surface area (Å²) in [6, 6.07) is 27.2. The molecule has 10 heteroatoms. The van der Waals surface area contributed by atoms with Gasteiger partial charge in [-0.15, -0.1) is 23.1 Å². The molecule has 0 saturated carbocycles. The van der Waals surface area contributed by atoms with Crippen LogP contribution in [0.5, 0.6) is 0 Å². The van der Waals surface area contributed by atoms with Gasteiger partial charge in [0.25, 0.3) is 5.91 Å². The molecule has 0 aliphatic rings. The Balaban J connectivity index is 1.33. The molecule has 1 atom stereocenters. The minimum absolute atomic E-state index is 0.244. The molecule has 40 heavy (non-hydrogen) atoms. The van der Waals surface area contributed by atoms with Crippen molar-refractivity contribution in [2.45, 2.75) is 10.1 Å². The summed E-state index contributed by atoms with van der Waals surface area (Å²) >= 11 is 14.8. The molecule has 1 heterocycles. The highest BCUT2D eigenvalue weighted by atomic mass is 35.5. The summed E-state index contributed by atoms with van der Waals surface area (Å²) in [5, 5.41) is 8.34. The lowest BCUT2D eigenvalue weighted by molar-refractivity contribution is -0.115.